The number of methoxy groups -OCH3 is 1. The number of pyridine rings is 1. The van der Waals surface area contributed by atoms with Gasteiger partial charge in [0.15, 0.2) is 0 Å². The van der Waals surface area contributed by atoms with Gasteiger partial charge in [0.2, 0.25) is 5.88 Å². The van der Waals surface area contributed by atoms with Crippen LogP contribution in [0.4, 0.5) is 4.79 Å². The SMILES string of the molecule is COc1ncccc1CNCCN1CCNC1=O. The minimum atomic E-state index is 0.0239. The van der Waals surface area contributed by atoms with Crippen LogP contribution < -0.4 is 15.4 Å². The standard InChI is InChI=1S/C12H18N4O2/c1-18-11-10(3-2-4-14-11)9-13-5-7-16-8-6-15-12(16)17/h2-4,13H,5-9H2,1H3,(H,15,17). The predicted octanol–water partition coefficient (Wildman–Crippen LogP) is 0.205. The highest BCUT2D eigenvalue weighted by molar-refractivity contribution is 5.76. The lowest BCUT2D eigenvalue weighted by Gasteiger charge is -2.14. The summed E-state index contributed by atoms with van der Waals surface area (Å²) in [6, 6.07) is 3.88. The normalized spacial score (nSPS) is 14.7. The Balaban J connectivity index is 1.73. The summed E-state index contributed by atoms with van der Waals surface area (Å²) < 4.78 is 5.17. The molecule has 1 aromatic heterocycles. The fourth-order valence-electron chi connectivity index (χ4n) is 1.90. The first-order chi connectivity index (χ1) is 8.81. The van der Waals surface area contributed by atoms with E-state index >= 15 is 0 Å². The Morgan fingerprint density at radius 2 is 2.50 bits per heavy atom. The molecule has 1 fully saturated rings. The van der Waals surface area contributed by atoms with Crippen LogP contribution in [0.2, 0.25) is 0 Å². The monoisotopic (exact) mass is 250 g/mol. The third kappa shape index (κ3) is 3.10. The molecule has 1 saturated heterocycles. The van der Waals surface area contributed by atoms with Crippen LogP contribution in [-0.4, -0.2) is 49.2 Å². The van der Waals surface area contributed by atoms with Gasteiger partial charge in [-0.2, -0.15) is 0 Å². The van der Waals surface area contributed by atoms with E-state index in [1.54, 1.807) is 18.2 Å². The summed E-state index contributed by atoms with van der Waals surface area (Å²) in [7, 11) is 1.61. The van der Waals surface area contributed by atoms with Gasteiger partial charge >= 0.3 is 6.03 Å². The largest absolute Gasteiger partial charge is 0.481 e. The van der Waals surface area contributed by atoms with Crippen LogP contribution in [0.3, 0.4) is 0 Å². The quantitative estimate of drug-likeness (QED) is 0.708. The molecule has 1 aromatic rings. The van der Waals surface area contributed by atoms with Crippen molar-refractivity contribution in [1.29, 1.82) is 0 Å². The maximum atomic E-state index is 11.3. The Labute approximate surface area is 106 Å². The van der Waals surface area contributed by atoms with Crippen molar-refractivity contribution in [1.82, 2.24) is 20.5 Å². The first kappa shape index (κ1) is 12.6. The zero-order chi connectivity index (χ0) is 12.8. The Bertz CT molecular complexity index is 411. The van der Waals surface area contributed by atoms with Crippen LogP contribution >= 0.6 is 0 Å². The van der Waals surface area contributed by atoms with E-state index in [9.17, 15) is 4.79 Å². The molecule has 1 aliphatic heterocycles. The van der Waals surface area contributed by atoms with Gasteiger partial charge in [-0.15, -0.1) is 0 Å². The maximum absolute atomic E-state index is 11.3. The molecule has 2 heterocycles. The van der Waals surface area contributed by atoms with Crippen molar-refractivity contribution in [2.24, 2.45) is 0 Å². The minimum absolute atomic E-state index is 0.0239. The molecule has 98 valence electrons. The summed E-state index contributed by atoms with van der Waals surface area (Å²) in [5.74, 6) is 0.643. The van der Waals surface area contributed by atoms with Gasteiger partial charge in [-0.3, -0.25) is 0 Å². The Morgan fingerprint density at radius 1 is 1.61 bits per heavy atom. The molecule has 18 heavy (non-hydrogen) atoms. The first-order valence-electron chi connectivity index (χ1n) is 6.02. The highest BCUT2D eigenvalue weighted by Gasteiger charge is 2.18. The van der Waals surface area contributed by atoms with E-state index in [0.717, 1.165) is 25.2 Å². The van der Waals surface area contributed by atoms with E-state index in [2.05, 4.69) is 15.6 Å². The molecular weight excluding hydrogens is 232 g/mol. The third-order valence-electron chi connectivity index (χ3n) is 2.86. The van der Waals surface area contributed by atoms with Crippen molar-refractivity contribution in [3.8, 4) is 5.88 Å². The van der Waals surface area contributed by atoms with E-state index in [0.29, 0.717) is 19.0 Å². The highest BCUT2D eigenvalue weighted by atomic mass is 16.5. The lowest BCUT2D eigenvalue weighted by atomic mass is 10.2. The molecule has 2 rings (SSSR count). The van der Waals surface area contributed by atoms with E-state index in [1.165, 1.54) is 0 Å². The molecule has 0 spiro atoms. The van der Waals surface area contributed by atoms with Crippen LogP contribution in [0.25, 0.3) is 0 Å². The number of carbonyl (C=O) groups is 1. The third-order valence-corrected chi connectivity index (χ3v) is 2.86. The lowest BCUT2D eigenvalue weighted by Crippen LogP contribution is -2.34. The minimum Gasteiger partial charge on any atom is -0.481 e. The number of nitrogens with zero attached hydrogens (tertiary/aromatic N) is 2. The number of rotatable bonds is 6. The Hall–Kier alpha value is -1.82. The van der Waals surface area contributed by atoms with Gasteiger partial charge in [0.1, 0.15) is 0 Å². The van der Waals surface area contributed by atoms with Crippen molar-refractivity contribution in [3.05, 3.63) is 23.9 Å². The topological polar surface area (TPSA) is 66.5 Å². The molecule has 2 amide bonds. The summed E-state index contributed by atoms with van der Waals surface area (Å²) in [5, 5.41) is 6.06. The summed E-state index contributed by atoms with van der Waals surface area (Å²) in [5.41, 5.74) is 1.02. The number of urea groups is 1. The Kier molecular flexibility index (Phi) is 4.35. The van der Waals surface area contributed by atoms with Crippen LogP contribution in [0.1, 0.15) is 5.56 Å². The molecule has 0 unspecified atom stereocenters. The summed E-state index contributed by atoms with van der Waals surface area (Å²) in [6.45, 7) is 3.69. The van der Waals surface area contributed by atoms with E-state index in [4.69, 9.17) is 4.74 Å². The summed E-state index contributed by atoms with van der Waals surface area (Å²) in [6.07, 6.45) is 1.71. The van der Waals surface area contributed by atoms with Gasteiger partial charge in [-0.25, -0.2) is 9.78 Å². The van der Waals surface area contributed by atoms with Crippen molar-refractivity contribution in [3.63, 3.8) is 0 Å². The lowest BCUT2D eigenvalue weighted by molar-refractivity contribution is 0.217. The van der Waals surface area contributed by atoms with E-state index in [-0.39, 0.29) is 6.03 Å². The smallest absolute Gasteiger partial charge is 0.317 e. The maximum Gasteiger partial charge on any atom is 0.317 e. The second-order valence-corrected chi connectivity index (χ2v) is 4.07. The van der Waals surface area contributed by atoms with Gasteiger partial charge in [-0.05, 0) is 6.07 Å². The average Bonchev–Trinajstić information content (AvgIpc) is 2.81. The molecule has 0 aliphatic carbocycles. The summed E-state index contributed by atoms with van der Waals surface area (Å²) in [4.78, 5) is 17.2. The molecule has 0 bridgehead atoms. The molecular formula is C12H18N4O2. The molecule has 0 aromatic carbocycles. The van der Waals surface area contributed by atoms with Gasteiger partial charge in [0.25, 0.3) is 0 Å². The highest BCUT2D eigenvalue weighted by Crippen LogP contribution is 2.12. The van der Waals surface area contributed by atoms with Crippen molar-refractivity contribution < 1.29 is 9.53 Å². The molecule has 2 N–H and O–H groups in total. The molecule has 6 nitrogen and oxygen atoms in total. The van der Waals surface area contributed by atoms with E-state index < -0.39 is 0 Å². The van der Waals surface area contributed by atoms with Gasteiger partial charge in [0, 0.05) is 44.5 Å². The van der Waals surface area contributed by atoms with Crippen molar-refractivity contribution in [2.45, 2.75) is 6.54 Å². The fourth-order valence-corrected chi connectivity index (χ4v) is 1.90. The Morgan fingerprint density at radius 3 is 3.22 bits per heavy atom. The van der Waals surface area contributed by atoms with Crippen LogP contribution in [0.15, 0.2) is 18.3 Å². The van der Waals surface area contributed by atoms with Gasteiger partial charge in [-0.1, -0.05) is 6.07 Å². The number of aromatic nitrogens is 1. The number of carbonyl (C=O) groups excluding carboxylic acids is 1. The predicted molar refractivity (Wildman–Crippen MR) is 67.5 cm³/mol. The fraction of sp³-hybridized carbons (Fsp3) is 0.500. The van der Waals surface area contributed by atoms with E-state index in [1.807, 2.05) is 12.1 Å². The molecule has 0 radical (unpaired) electrons. The number of amides is 2. The average molecular weight is 250 g/mol. The number of hydrogen-bond donors (Lipinski definition) is 2. The van der Waals surface area contributed by atoms with Gasteiger partial charge < -0.3 is 20.3 Å². The molecule has 0 atom stereocenters. The van der Waals surface area contributed by atoms with Crippen LogP contribution in [0.5, 0.6) is 5.88 Å². The molecule has 1 aliphatic rings. The zero-order valence-corrected chi connectivity index (χ0v) is 10.5. The molecule has 6 heteroatoms. The second kappa shape index (κ2) is 6.20. The van der Waals surface area contributed by atoms with Crippen LogP contribution in [-0.2, 0) is 6.54 Å². The number of hydrogen-bond acceptors (Lipinski definition) is 4. The zero-order valence-electron chi connectivity index (χ0n) is 10.5. The summed E-state index contributed by atoms with van der Waals surface area (Å²) >= 11 is 0. The van der Waals surface area contributed by atoms with Crippen molar-refractivity contribution in [2.75, 3.05) is 33.3 Å². The second-order valence-electron chi connectivity index (χ2n) is 4.07. The first-order valence-corrected chi connectivity index (χ1v) is 6.02. The molecule has 0 saturated carbocycles. The number of nitrogens with one attached hydrogen (secondary N) is 2. The van der Waals surface area contributed by atoms with Crippen molar-refractivity contribution >= 4 is 6.03 Å². The van der Waals surface area contributed by atoms with Gasteiger partial charge in [0.05, 0.1) is 7.11 Å². The number of ether oxygens (including phenoxy) is 1. The van der Waals surface area contributed by atoms with Crippen LogP contribution in [0, 0.1) is 0 Å².